The third-order valence-corrected chi connectivity index (χ3v) is 6.17. The first-order valence-corrected chi connectivity index (χ1v) is 10.6. The van der Waals surface area contributed by atoms with Crippen molar-refractivity contribution in [2.24, 2.45) is 0 Å². The molecule has 1 saturated carbocycles. The molecule has 1 aliphatic heterocycles. The fourth-order valence-corrected chi connectivity index (χ4v) is 4.24. The molecule has 174 valence electrons. The van der Waals surface area contributed by atoms with Crippen LogP contribution in [-0.4, -0.2) is 28.3 Å². The third-order valence-electron chi connectivity index (χ3n) is 6.17. The Bertz CT molecular complexity index is 1320. The second-order valence-electron chi connectivity index (χ2n) is 8.42. The van der Waals surface area contributed by atoms with E-state index in [2.05, 4.69) is 19.8 Å². The zero-order chi connectivity index (χ0) is 24.1. The summed E-state index contributed by atoms with van der Waals surface area (Å²) in [5.41, 5.74) is 2.25. The van der Waals surface area contributed by atoms with Crippen LogP contribution in [-0.2, 0) is 21.6 Å². The van der Waals surface area contributed by atoms with E-state index < -0.39 is 17.7 Å². The van der Waals surface area contributed by atoms with Crippen LogP contribution in [0.5, 0.6) is 5.75 Å². The summed E-state index contributed by atoms with van der Waals surface area (Å²) in [5, 5.41) is 12.1. The molecule has 9 heteroatoms. The Labute approximate surface area is 193 Å². The molecule has 0 radical (unpaired) electrons. The van der Waals surface area contributed by atoms with Crippen LogP contribution in [0.3, 0.4) is 0 Å². The molecular weight excluding hydrogens is 446 g/mol. The number of ether oxygens (including phenoxy) is 2. The Kier molecular flexibility index (Phi) is 5.09. The van der Waals surface area contributed by atoms with Crippen molar-refractivity contribution in [3.05, 3.63) is 76.9 Å². The topological polar surface area (TPSA) is 97.8 Å². The predicted octanol–water partition coefficient (Wildman–Crippen LogP) is 4.88. The number of pyridine rings is 1. The van der Waals surface area contributed by atoms with Crippen LogP contribution >= 0.6 is 0 Å². The fourth-order valence-electron chi connectivity index (χ4n) is 4.24. The number of anilines is 1. The van der Waals surface area contributed by atoms with E-state index in [1.807, 2.05) is 6.92 Å². The van der Waals surface area contributed by atoms with Gasteiger partial charge in [-0.2, -0.15) is 0 Å². The highest BCUT2D eigenvalue weighted by atomic mass is 19.3. The number of hydrogen-bond acceptors (Lipinski definition) is 5. The molecule has 0 unspecified atom stereocenters. The number of amides is 1. The summed E-state index contributed by atoms with van der Waals surface area (Å²) in [6.07, 6.45) is -2.61. The van der Waals surface area contributed by atoms with Crippen molar-refractivity contribution >= 4 is 17.7 Å². The minimum Gasteiger partial charge on any atom is -0.478 e. The van der Waals surface area contributed by atoms with Gasteiger partial charge in [-0.1, -0.05) is 30.3 Å². The number of aryl methyl sites for hydroxylation is 1. The second kappa shape index (κ2) is 7.88. The van der Waals surface area contributed by atoms with Gasteiger partial charge in [0.1, 0.15) is 11.6 Å². The van der Waals surface area contributed by atoms with Gasteiger partial charge < -0.3 is 15.2 Å². The number of nitrogens with one attached hydrogen (secondary N) is 1. The number of carbonyl (C=O) groups is 2. The molecule has 0 spiro atoms. The van der Waals surface area contributed by atoms with Crippen molar-refractivity contribution in [1.82, 2.24) is 4.98 Å². The van der Waals surface area contributed by atoms with E-state index in [1.165, 1.54) is 18.2 Å². The molecule has 2 N–H and O–H groups in total. The molecule has 1 amide bonds. The van der Waals surface area contributed by atoms with Gasteiger partial charge >= 0.3 is 12.3 Å². The largest absolute Gasteiger partial charge is 0.535 e. The maximum absolute atomic E-state index is 13.5. The quantitative estimate of drug-likeness (QED) is 0.556. The molecule has 0 bridgehead atoms. The molecule has 2 heterocycles. The lowest BCUT2D eigenvalue weighted by molar-refractivity contribution is -0.368. The Balaban J connectivity index is 1.43. The van der Waals surface area contributed by atoms with E-state index in [4.69, 9.17) is 0 Å². The summed E-state index contributed by atoms with van der Waals surface area (Å²) >= 11 is 0. The summed E-state index contributed by atoms with van der Waals surface area (Å²) < 4.78 is 36.1. The Morgan fingerprint density at radius 2 is 1.85 bits per heavy atom. The van der Waals surface area contributed by atoms with Gasteiger partial charge in [0.2, 0.25) is 5.91 Å². The van der Waals surface area contributed by atoms with Gasteiger partial charge in [-0.3, -0.25) is 9.53 Å². The predicted molar refractivity (Wildman–Crippen MR) is 118 cm³/mol. The van der Waals surface area contributed by atoms with E-state index in [0.717, 1.165) is 5.56 Å². The van der Waals surface area contributed by atoms with Crippen LogP contribution < -0.4 is 10.1 Å². The molecule has 34 heavy (non-hydrogen) atoms. The number of carbonyl (C=O) groups excluding carboxylic acids is 1. The number of benzene rings is 2. The number of carboxylic acids is 1. The number of halogens is 2. The first-order valence-electron chi connectivity index (χ1n) is 10.6. The zero-order valence-corrected chi connectivity index (χ0v) is 18.1. The van der Waals surface area contributed by atoms with Gasteiger partial charge in [0.15, 0.2) is 0 Å². The smallest absolute Gasteiger partial charge is 0.478 e. The number of fused-ring (bicyclic) bond motifs is 1. The van der Waals surface area contributed by atoms with Crippen molar-refractivity contribution in [2.45, 2.75) is 38.1 Å². The van der Waals surface area contributed by atoms with E-state index in [1.54, 1.807) is 36.4 Å². The van der Waals surface area contributed by atoms with Crippen LogP contribution in [0, 0.1) is 6.92 Å². The van der Waals surface area contributed by atoms with E-state index in [9.17, 15) is 23.5 Å². The van der Waals surface area contributed by atoms with Crippen molar-refractivity contribution in [2.75, 3.05) is 5.32 Å². The van der Waals surface area contributed by atoms with Gasteiger partial charge in [-0.05, 0) is 55.2 Å². The van der Waals surface area contributed by atoms with Crippen molar-refractivity contribution in [3.8, 4) is 17.0 Å². The Morgan fingerprint density at radius 1 is 1.09 bits per heavy atom. The standard InChI is InChI=1S/C25H20F2N2O5/c1-14-8-9-20(28-21(14)15-4-2-5-16(12-15)22(30)31)29-23(32)24(10-11-24)18-6-3-7-19-17(18)13-33-25(26,27)34-19/h2-9,12H,10-11,13H2,1H3,(H,30,31)(H,28,29,32). The lowest BCUT2D eigenvalue weighted by atomic mass is 9.90. The average Bonchev–Trinajstić information content (AvgIpc) is 3.61. The molecular formula is C25H20F2N2O5. The summed E-state index contributed by atoms with van der Waals surface area (Å²) in [6, 6.07) is 14.6. The molecule has 1 fully saturated rings. The SMILES string of the molecule is Cc1ccc(NC(=O)C2(c3cccc4c3COC(F)(F)O4)CC2)nc1-c1cccc(C(=O)O)c1. The van der Waals surface area contributed by atoms with Gasteiger partial charge in [-0.25, -0.2) is 9.78 Å². The van der Waals surface area contributed by atoms with E-state index in [0.29, 0.717) is 41.0 Å². The van der Waals surface area contributed by atoms with Gasteiger partial charge in [0.05, 0.1) is 23.3 Å². The maximum atomic E-state index is 13.5. The van der Waals surface area contributed by atoms with Crippen LogP contribution in [0.25, 0.3) is 11.3 Å². The number of nitrogens with zero attached hydrogens (tertiary/aromatic N) is 1. The molecule has 1 aromatic heterocycles. The molecule has 2 aliphatic rings. The normalized spacial score (nSPS) is 17.3. The minimum atomic E-state index is -3.70. The molecule has 0 saturated heterocycles. The van der Waals surface area contributed by atoms with Gasteiger partial charge in [0, 0.05) is 11.1 Å². The highest BCUT2D eigenvalue weighted by molar-refractivity contribution is 6.01. The highest BCUT2D eigenvalue weighted by Gasteiger charge is 2.54. The summed E-state index contributed by atoms with van der Waals surface area (Å²) in [4.78, 5) is 29.2. The number of aromatic carboxylic acids is 1. The van der Waals surface area contributed by atoms with Crippen molar-refractivity contribution < 1.29 is 33.0 Å². The lowest BCUT2D eigenvalue weighted by Gasteiger charge is -2.28. The fraction of sp³-hybridized carbons (Fsp3) is 0.240. The zero-order valence-electron chi connectivity index (χ0n) is 18.1. The van der Waals surface area contributed by atoms with Crippen molar-refractivity contribution in [1.29, 1.82) is 0 Å². The van der Waals surface area contributed by atoms with E-state index >= 15 is 0 Å². The first kappa shape index (κ1) is 22.0. The summed E-state index contributed by atoms with van der Waals surface area (Å²) in [6.45, 7) is 1.48. The van der Waals surface area contributed by atoms with Crippen LogP contribution in [0.2, 0.25) is 0 Å². The number of hydrogen-bond donors (Lipinski definition) is 2. The second-order valence-corrected chi connectivity index (χ2v) is 8.42. The third kappa shape index (κ3) is 3.88. The molecule has 0 atom stereocenters. The van der Waals surface area contributed by atoms with Crippen LogP contribution in [0.1, 0.15) is 39.9 Å². The highest BCUT2D eigenvalue weighted by Crippen LogP contribution is 2.52. The number of rotatable bonds is 5. The number of carboxylic acid groups (broad SMARTS) is 1. The molecule has 7 nitrogen and oxygen atoms in total. The van der Waals surface area contributed by atoms with E-state index in [-0.39, 0.29) is 23.8 Å². The van der Waals surface area contributed by atoms with Gasteiger partial charge in [0.25, 0.3) is 0 Å². The first-order chi connectivity index (χ1) is 16.2. The van der Waals surface area contributed by atoms with Gasteiger partial charge in [-0.15, -0.1) is 8.78 Å². The Morgan fingerprint density at radius 3 is 2.59 bits per heavy atom. The van der Waals surface area contributed by atoms with Crippen molar-refractivity contribution in [3.63, 3.8) is 0 Å². The number of alkyl halides is 2. The maximum Gasteiger partial charge on any atom is 0.535 e. The molecule has 5 rings (SSSR count). The monoisotopic (exact) mass is 466 g/mol. The molecule has 2 aromatic carbocycles. The van der Waals surface area contributed by atoms with Crippen LogP contribution in [0.4, 0.5) is 14.6 Å². The summed E-state index contributed by atoms with van der Waals surface area (Å²) in [7, 11) is 0. The number of aromatic nitrogens is 1. The van der Waals surface area contributed by atoms with Crippen LogP contribution in [0.15, 0.2) is 54.6 Å². The molecule has 3 aromatic rings. The molecule has 1 aliphatic carbocycles. The minimum absolute atomic E-state index is 0.00174. The average molecular weight is 466 g/mol. The Hall–Kier alpha value is -3.85. The summed E-state index contributed by atoms with van der Waals surface area (Å²) in [5.74, 6) is -1.04. The lowest BCUT2D eigenvalue weighted by Crippen LogP contribution is -2.35.